The van der Waals surface area contributed by atoms with Crippen LogP contribution >= 0.6 is 0 Å². The van der Waals surface area contributed by atoms with Crippen LogP contribution in [-0.2, 0) is 30.4 Å². The van der Waals surface area contributed by atoms with E-state index in [1.807, 2.05) is 0 Å². The zero-order valence-electron chi connectivity index (χ0n) is 19.7. The Hall–Kier alpha value is -3.51. The van der Waals surface area contributed by atoms with E-state index in [1.165, 1.54) is 6.92 Å². The van der Waals surface area contributed by atoms with E-state index in [2.05, 4.69) is 16.0 Å². The molecule has 0 aliphatic carbocycles. The number of nitrogens with two attached hydrogens (primary N) is 2. The summed E-state index contributed by atoms with van der Waals surface area (Å²) in [6.07, 6.45) is 0.996. The van der Waals surface area contributed by atoms with Gasteiger partial charge < -0.3 is 37.6 Å². The molecule has 0 saturated carbocycles. The number of hydrogen-bond donors (Lipinski definition) is 7. The largest absolute Gasteiger partial charge is 0.481 e. The highest BCUT2D eigenvalue weighted by molar-refractivity contribution is 5.94. The minimum atomic E-state index is -1.20. The Labute approximate surface area is 203 Å². The number of carbonyl (C=O) groups excluding carboxylic acids is 3. The molecule has 194 valence electrons. The van der Waals surface area contributed by atoms with Crippen LogP contribution in [0.25, 0.3) is 0 Å². The molecule has 0 bridgehead atoms. The Morgan fingerprint density at radius 2 is 1.49 bits per heavy atom. The van der Waals surface area contributed by atoms with Crippen LogP contribution in [0.1, 0.15) is 44.6 Å². The van der Waals surface area contributed by atoms with Crippen LogP contribution < -0.4 is 27.4 Å². The number of hydrogen-bond acceptors (Lipinski definition) is 7. The maximum Gasteiger partial charge on any atom is 0.326 e. The molecule has 0 spiro atoms. The molecule has 12 heteroatoms. The molecule has 4 unspecified atom stereocenters. The summed E-state index contributed by atoms with van der Waals surface area (Å²) in [5.41, 5.74) is 11.9. The van der Waals surface area contributed by atoms with E-state index in [1.54, 1.807) is 30.3 Å². The molecule has 1 aromatic rings. The van der Waals surface area contributed by atoms with Gasteiger partial charge in [-0.2, -0.15) is 0 Å². The Morgan fingerprint density at radius 3 is 2.06 bits per heavy atom. The molecule has 0 saturated heterocycles. The number of nitrogens with one attached hydrogen (secondary N) is 3. The lowest BCUT2D eigenvalue weighted by Gasteiger charge is -2.23. The van der Waals surface area contributed by atoms with Gasteiger partial charge in [0.15, 0.2) is 0 Å². The van der Waals surface area contributed by atoms with Crippen LogP contribution in [0.3, 0.4) is 0 Å². The number of amides is 3. The van der Waals surface area contributed by atoms with Crippen molar-refractivity contribution in [1.82, 2.24) is 16.0 Å². The van der Waals surface area contributed by atoms with Crippen molar-refractivity contribution in [2.24, 2.45) is 11.5 Å². The zero-order chi connectivity index (χ0) is 26.4. The van der Waals surface area contributed by atoms with Crippen molar-refractivity contribution >= 4 is 29.7 Å². The van der Waals surface area contributed by atoms with E-state index in [0.717, 1.165) is 5.56 Å². The summed E-state index contributed by atoms with van der Waals surface area (Å²) in [4.78, 5) is 60.1. The van der Waals surface area contributed by atoms with Crippen molar-refractivity contribution in [3.05, 3.63) is 35.9 Å². The van der Waals surface area contributed by atoms with E-state index in [-0.39, 0.29) is 25.7 Å². The van der Waals surface area contributed by atoms with Gasteiger partial charge in [-0.05, 0) is 44.7 Å². The fourth-order valence-electron chi connectivity index (χ4n) is 3.17. The van der Waals surface area contributed by atoms with Crippen molar-refractivity contribution < 1.29 is 34.2 Å². The Bertz CT molecular complexity index is 865. The first-order valence-corrected chi connectivity index (χ1v) is 11.4. The number of carboxylic acids is 2. The minimum Gasteiger partial charge on any atom is -0.481 e. The molecule has 4 atom stereocenters. The van der Waals surface area contributed by atoms with Crippen LogP contribution in [0.5, 0.6) is 0 Å². The molecule has 0 fully saturated rings. The zero-order valence-corrected chi connectivity index (χ0v) is 19.7. The summed E-state index contributed by atoms with van der Waals surface area (Å²) >= 11 is 0. The molecule has 9 N–H and O–H groups in total. The molecule has 0 aromatic heterocycles. The highest BCUT2D eigenvalue weighted by Crippen LogP contribution is 2.06. The topological polar surface area (TPSA) is 214 Å². The lowest BCUT2D eigenvalue weighted by molar-refractivity contribution is -0.142. The highest BCUT2D eigenvalue weighted by atomic mass is 16.4. The second-order valence-corrected chi connectivity index (χ2v) is 8.20. The number of benzene rings is 1. The van der Waals surface area contributed by atoms with Crippen LogP contribution in [0.15, 0.2) is 30.3 Å². The van der Waals surface area contributed by atoms with Crippen molar-refractivity contribution in [2.45, 2.75) is 69.6 Å². The average molecular weight is 494 g/mol. The van der Waals surface area contributed by atoms with E-state index >= 15 is 0 Å². The van der Waals surface area contributed by atoms with Crippen LogP contribution in [0.4, 0.5) is 0 Å². The minimum absolute atomic E-state index is 0.0925. The Kier molecular flexibility index (Phi) is 13.0. The summed E-state index contributed by atoms with van der Waals surface area (Å²) in [5, 5.41) is 25.5. The van der Waals surface area contributed by atoms with Gasteiger partial charge in [0.1, 0.15) is 18.1 Å². The summed E-state index contributed by atoms with van der Waals surface area (Å²) in [6.45, 7) is 1.80. The monoisotopic (exact) mass is 493 g/mol. The van der Waals surface area contributed by atoms with E-state index in [4.69, 9.17) is 16.6 Å². The standard InChI is InChI=1S/C23H35N5O7/c1-14(20(31)27-17(23(34)35)9-5-6-12-24)26-22(33)18(13-15-7-3-2-4-8-15)28-21(32)16(25)10-11-19(29)30/h2-4,7-8,14,16-18H,5-6,9-13,24-25H2,1H3,(H,26,33)(H,27,31)(H,28,32)(H,29,30)(H,34,35). The molecular formula is C23H35N5O7. The first-order valence-electron chi connectivity index (χ1n) is 11.4. The highest BCUT2D eigenvalue weighted by Gasteiger charge is 2.28. The Balaban J connectivity index is 2.85. The third-order valence-electron chi connectivity index (χ3n) is 5.24. The summed E-state index contributed by atoms with van der Waals surface area (Å²) in [5.74, 6) is -4.37. The van der Waals surface area contributed by atoms with E-state index in [9.17, 15) is 29.1 Å². The lowest BCUT2D eigenvalue weighted by atomic mass is 10.0. The van der Waals surface area contributed by atoms with E-state index < -0.39 is 53.8 Å². The number of rotatable bonds is 16. The molecule has 3 amide bonds. The van der Waals surface area contributed by atoms with Gasteiger partial charge in [0.05, 0.1) is 6.04 Å². The third kappa shape index (κ3) is 11.5. The molecule has 12 nitrogen and oxygen atoms in total. The van der Waals surface area contributed by atoms with Crippen molar-refractivity contribution in [3.63, 3.8) is 0 Å². The second-order valence-electron chi connectivity index (χ2n) is 8.20. The number of unbranched alkanes of at least 4 members (excludes halogenated alkanes) is 1. The lowest BCUT2D eigenvalue weighted by Crippen LogP contribution is -2.56. The van der Waals surface area contributed by atoms with Gasteiger partial charge in [0.25, 0.3) is 0 Å². The van der Waals surface area contributed by atoms with Crippen LogP contribution in [0, 0.1) is 0 Å². The smallest absolute Gasteiger partial charge is 0.326 e. The van der Waals surface area contributed by atoms with Crippen molar-refractivity contribution in [1.29, 1.82) is 0 Å². The van der Waals surface area contributed by atoms with Crippen molar-refractivity contribution in [2.75, 3.05) is 6.54 Å². The fraction of sp³-hybridized carbons (Fsp3) is 0.522. The summed E-state index contributed by atoms with van der Waals surface area (Å²) in [6, 6.07) is 4.37. The summed E-state index contributed by atoms with van der Waals surface area (Å²) in [7, 11) is 0. The van der Waals surface area contributed by atoms with Crippen molar-refractivity contribution in [3.8, 4) is 0 Å². The Morgan fingerprint density at radius 1 is 0.857 bits per heavy atom. The second kappa shape index (κ2) is 15.4. The molecule has 0 heterocycles. The molecule has 0 aliphatic rings. The van der Waals surface area contributed by atoms with Gasteiger partial charge in [-0.15, -0.1) is 0 Å². The average Bonchev–Trinajstić information content (AvgIpc) is 2.81. The SMILES string of the molecule is CC(NC(=O)C(Cc1ccccc1)NC(=O)C(N)CCC(=O)O)C(=O)NC(CCCCN)C(=O)O. The predicted octanol–water partition coefficient (Wildman–Crippen LogP) is -0.891. The van der Waals surface area contributed by atoms with Crippen LogP contribution in [-0.4, -0.2) is 70.6 Å². The van der Waals surface area contributed by atoms with Crippen LogP contribution in [0.2, 0.25) is 0 Å². The number of carbonyl (C=O) groups is 5. The molecule has 1 aromatic carbocycles. The van der Waals surface area contributed by atoms with Gasteiger partial charge in [-0.3, -0.25) is 19.2 Å². The first-order chi connectivity index (χ1) is 16.5. The molecule has 0 aliphatic heterocycles. The van der Waals surface area contributed by atoms with Gasteiger partial charge in [-0.25, -0.2) is 4.79 Å². The van der Waals surface area contributed by atoms with Gasteiger partial charge >= 0.3 is 11.9 Å². The molecule has 35 heavy (non-hydrogen) atoms. The first kappa shape index (κ1) is 29.5. The normalized spacial score (nSPS) is 14.1. The maximum absolute atomic E-state index is 12.9. The number of carboxylic acid groups (broad SMARTS) is 2. The van der Waals surface area contributed by atoms with Gasteiger partial charge in [0, 0.05) is 12.8 Å². The molecule has 0 radical (unpaired) electrons. The molecule has 1 rings (SSSR count). The van der Waals surface area contributed by atoms with E-state index in [0.29, 0.717) is 19.4 Å². The van der Waals surface area contributed by atoms with Gasteiger partial charge in [0.2, 0.25) is 17.7 Å². The predicted molar refractivity (Wildman–Crippen MR) is 127 cm³/mol. The fourth-order valence-corrected chi connectivity index (χ4v) is 3.17. The quantitative estimate of drug-likeness (QED) is 0.142. The molecular weight excluding hydrogens is 458 g/mol. The van der Waals surface area contributed by atoms with Gasteiger partial charge in [-0.1, -0.05) is 30.3 Å². The number of aliphatic carboxylic acids is 2. The third-order valence-corrected chi connectivity index (χ3v) is 5.24. The maximum atomic E-state index is 12.9. The summed E-state index contributed by atoms with van der Waals surface area (Å²) < 4.78 is 0.